The molecule has 1 saturated heterocycles. The minimum Gasteiger partial charge on any atom is -0.337 e. The second-order valence-corrected chi connectivity index (χ2v) is 7.90. The van der Waals surface area contributed by atoms with Crippen LogP contribution in [0.3, 0.4) is 0 Å². The zero-order valence-corrected chi connectivity index (χ0v) is 17.9. The van der Waals surface area contributed by atoms with Crippen LogP contribution < -0.4 is 5.32 Å². The highest BCUT2D eigenvalue weighted by atomic mass is 79.9. The van der Waals surface area contributed by atoms with E-state index in [0.29, 0.717) is 28.7 Å². The number of nitro benzene ring substituents is 1. The monoisotopic (exact) mass is 471 g/mol. The fourth-order valence-electron chi connectivity index (χ4n) is 3.33. The molecule has 156 valence electrons. The molecule has 1 fully saturated rings. The Balaban J connectivity index is 1.94. The van der Waals surface area contributed by atoms with Crippen molar-refractivity contribution in [2.45, 2.75) is 25.7 Å². The van der Waals surface area contributed by atoms with Crippen LogP contribution in [0, 0.1) is 10.1 Å². The van der Waals surface area contributed by atoms with Gasteiger partial charge in [-0.3, -0.25) is 19.7 Å². The zero-order valence-electron chi connectivity index (χ0n) is 16.3. The lowest BCUT2D eigenvalue weighted by molar-refractivity contribution is -0.384. The smallest absolute Gasteiger partial charge is 0.270 e. The lowest BCUT2D eigenvalue weighted by Crippen LogP contribution is -2.39. The molecular formula is C22H22BrN3O4. The predicted octanol–water partition coefficient (Wildman–Crippen LogP) is 4.53. The molecule has 0 bridgehead atoms. The normalized spacial score (nSPS) is 14.7. The van der Waals surface area contributed by atoms with Gasteiger partial charge in [0.25, 0.3) is 17.5 Å². The first kappa shape index (κ1) is 21.7. The number of carbonyl (C=O) groups is 2. The van der Waals surface area contributed by atoms with Crippen LogP contribution in [0.15, 0.2) is 58.7 Å². The molecule has 8 heteroatoms. The Morgan fingerprint density at radius 3 is 2.40 bits per heavy atom. The van der Waals surface area contributed by atoms with Crippen LogP contribution in [0.4, 0.5) is 5.69 Å². The van der Waals surface area contributed by atoms with Crippen LogP contribution in [0.2, 0.25) is 0 Å². The summed E-state index contributed by atoms with van der Waals surface area (Å²) in [6.07, 6.45) is 5.45. The molecule has 0 aromatic heterocycles. The summed E-state index contributed by atoms with van der Waals surface area (Å²) < 4.78 is 0.611. The predicted molar refractivity (Wildman–Crippen MR) is 118 cm³/mol. The first-order chi connectivity index (χ1) is 14.5. The van der Waals surface area contributed by atoms with Crippen molar-refractivity contribution in [1.29, 1.82) is 0 Å². The van der Waals surface area contributed by atoms with Crippen molar-refractivity contribution in [3.8, 4) is 0 Å². The number of amides is 2. The van der Waals surface area contributed by atoms with Gasteiger partial charge in [0.1, 0.15) is 5.70 Å². The molecule has 1 heterocycles. The third kappa shape index (κ3) is 5.54. The van der Waals surface area contributed by atoms with Gasteiger partial charge in [0, 0.05) is 29.7 Å². The van der Waals surface area contributed by atoms with Crippen LogP contribution in [-0.2, 0) is 4.79 Å². The summed E-state index contributed by atoms with van der Waals surface area (Å²) in [6.45, 7) is 1.24. The van der Waals surface area contributed by atoms with Gasteiger partial charge in [0.2, 0.25) is 0 Å². The van der Waals surface area contributed by atoms with Crippen molar-refractivity contribution in [1.82, 2.24) is 10.2 Å². The number of nitro groups is 1. The number of nitrogens with zero attached hydrogens (tertiary/aromatic N) is 2. The van der Waals surface area contributed by atoms with E-state index in [1.807, 2.05) is 0 Å². The Bertz CT molecular complexity index is 982. The summed E-state index contributed by atoms with van der Waals surface area (Å²) in [6, 6.07) is 12.9. The molecule has 3 rings (SSSR count). The van der Waals surface area contributed by atoms with Gasteiger partial charge >= 0.3 is 0 Å². The largest absolute Gasteiger partial charge is 0.337 e. The highest BCUT2D eigenvalue weighted by Crippen LogP contribution is 2.20. The maximum Gasteiger partial charge on any atom is 0.270 e. The number of hydrogen-bond acceptors (Lipinski definition) is 4. The van der Waals surface area contributed by atoms with Crippen LogP contribution in [-0.4, -0.2) is 34.7 Å². The number of likely N-dealkylation sites (tertiary alicyclic amines) is 1. The van der Waals surface area contributed by atoms with Gasteiger partial charge in [-0.25, -0.2) is 0 Å². The van der Waals surface area contributed by atoms with Crippen molar-refractivity contribution in [3.05, 3.63) is 79.9 Å². The van der Waals surface area contributed by atoms with Gasteiger partial charge in [0.15, 0.2) is 0 Å². The van der Waals surface area contributed by atoms with E-state index in [0.717, 1.165) is 25.7 Å². The molecule has 30 heavy (non-hydrogen) atoms. The Kier molecular flexibility index (Phi) is 7.35. The molecule has 0 unspecified atom stereocenters. The molecule has 1 aliphatic rings. The summed E-state index contributed by atoms with van der Waals surface area (Å²) in [5.74, 6) is -0.717. The number of benzene rings is 2. The first-order valence-corrected chi connectivity index (χ1v) is 10.6. The van der Waals surface area contributed by atoms with Crippen molar-refractivity contribution < 1.29 is 14.5 Å². The van der Waals surface area contributed by atoms with E-state index in [4.69, 9.17) is 0 Å². The molecule has 7 nitrogen and oxygen atoms in total. The Morgan fingerprint density at radius 2 is 1.73 bits per heavy atom. The van der Waals surface area contributed by atoms with Crippen LogP contribution in [0.25, 0.3) is 6.08 Å². The summed E-state index contributed by atoms with van der Waals surface area (Å²) in [4.78, 5) is 38.4. The van der Waals surface area contributed by atoms with Crippen molar-refractivity contribution in [2.24, 2.45) is 0 Å². The third-order valence-corrected chi connectivity index (χ3v) is 5.57. The van der Waals surface area contributed by atoms with Gasteiger partial charge in [-0.05, 0) is 52.5 Å². The Hall–Kier alpha value is -3.00. The fourth-order valence-corrected chi connectivity index (χ4v) is 3.79. The average Bonchev–Trinajstić information content (AvgIpc) is 3.03. The van der Waals surface area contributed by atoms with Crippen LogP contribution >= 0.6 is 15.9 Å². The summed E-state index contributed by atoms with van der Waals surface area (Å²) in [7, 11) is 0. The van der Waals surface area contributed by atoms with E-state index in [2.05, 4.69) is 21.2 Å². The Labute approximate surface area is 183 Å². The molecule has 1 N–H and O–H groups in total. The van der Waals surface area contributed by atoms with E-state index in [-0.39, 0.29) is 17.3 Å². The van der Waals surface area contributed by atoms with Gasteiger partial charge < -0.3 is 10.2 Å². The summed E-state index contributed by atoms with van der Waals surface area (Å²) in [5, 5.41) is 13.8. The number of hydrogen-bond donors (Lipinski definition) is 1. The average molecular weight is 472 g/mol. The molecule has 2 amide bonds. The number of non-ortho nitro benzene ring substituents is 1. The van der Waals surface area contributed by atoms with E-state index in [9.17, 15) is 19.7 Å². The standard InChI is InChI=1S/C22H22BrN3O4/c23-19-11-4-3-10-18(19)21(27)24-20(22(28)25-12-5-1-2-6-13-25)15-16-8-7-9-17(14-16)26(29)30/h3-4,7-11,14-15H,1-2,5-6,12-13H2,(H,24,27)/b20-15-. The topological polar surface area (TPSA) is 92.5 Å². The minimum absolute atomic E-state index is 0.0811. The molecule has 0 aliphatic carbocycles. The minimum atomic E-state index is -0.493. The highest BCUT2D eigenvalue weighted by Gasteiger charge is 2.22. The fraction of sp³-hybridized carbons (Fsp3) is 0.273. The number of rotatable bonds is 5. The van der Waals surface area contributed by atoms with E-state index >= 15 is 0 Å². The number of carbonyl (C=O) groups excluding carboxylic acids is 2. The van der Waals surface area contributed by atoms with Crippen LogP contribution in [0.1, 0.15) is 41.6 Å². The number of nitrogens with one attached hydrogen (secondary N) is 1. The zero-order chi connectivity index (χ0) is 21.5. The van der Waals surface area contributed by atoms with E-state index in [1.165, 1.54) is 18.2 Å². The molecule has 0 atom stereocenters. The molecule has 0 saturated carbocycles. The second-order valence-electron chi connectivity index (χ2n) is 7.05. The maximum atomic E-state index is 13.2. The quantitative estimate of drug-likeness (QED) is 0.393. The molecule has 1 aliphatic heterocycles. The van der Waals surface area contributed by atoms with Gasteiger partial charge in [-0.1, -0.05) is 37.1 Å². The molecular weight excluding hydrogens is 450 g/mol. The van der Waals surface area contributed by atoms with Crippen molar-refractivity contribution in [3.63, 3.8) is 0 Å². The van der Waals surface area contributed by atoms with Crippen molar-refractivity contribution in [2.75, 3.05) is 13.1 Å². The molecule has 2 aromatic carbocycles. The first-order valence-electron chi connectivity index (χ1n) is 9.77. The van der Waals surface area contributed by atoms with Crippen LogP contribution in [0.5, 0.6) is 0 Å². The molecule has 2 aromatic rings. The van der Waals surface area contributed by atoms with Crippen molar-refractivity contribution >= 4 is 39.5 Å². The third-order valence-electron chi connectivity index (χ3n) is 4.88. The van der Waals surface area contributed by atoms with Gasteiger partial charge in [-0.15, -0.1) is 0 Å². The van der Waals surface area contributed by atoms with Gasteiger partial charge in [0.05, 0.1) is 10.5 Å². The number of halogens is 1. The lowest BCUT2D eigenvalue weighted by atomic mass is 10.1. The molecule has 0 spiro atoms. The highest BCUT2D eigenvalue weighted by molar-refractivity contribution is 9.10. The van der Waals surface area contributed by atoms with E-state index in [1.54, 1.807) is 41.3 Å². The Morgan fingerprint density at radius 1 is 1.03 bits per heavy atom. The second kappa shape index (κ2) is 10.2. The summed E-state index contributed by atoms with van der Waals surface area (Å²) in [5.41, 5.74) is 0.876. The summed E-state index contributed by atoms with van der Waals surface area (Å²) >= 11 is 3.35. The lowest BCUT2D eigenvalue weighted by Gasteiger charge is -2.22. The SMILES string of the molecule is O=C(N/C(=C\c1cccc([N+](=O)[O-])c1)C(=O)N1CCCCCC1)c1ccccc1Br. The molecule has 0 radical (unpaired) electrons. The van der Waals surface area contributed by atoms with Gasteiger partial charge in [-0.2, -0.15) is 0 Å². The maximum absolute atomic E-state index is 13.2. The van der Waals surface area contributed by atoms with E-state index < -0.39 is 10.8 Å².